The van der Waals surface area contributed by atoms with Gasteiger partial charge in [0.2, 0.25) is 5.75 Å². The molecule has 1 rings (SSSR count). The zero-order valence-corrected chi connectivity index (χ0v) is 5.83. The lowest BCUT2D eigenvalue weighted by atomic mass is 10.3. The molecule has 1 aromatic heterocycles. The highest BCUT2D eigenvalue weighted by Crippen LogP contribution is 2.13. The molecule has 0 aromatic carbocycles. The predicted octanol–water partition coefficient (Wildman–Crippen LogP) is 0.0374. The van der Waals surface area contributed by atoms with Crippen LogP contribution in [0.1, 0.15) is 11.4 Å². The molecule has 0 aliphatic carbocycles. The normalized spacial score (nSPS) is 9.80. The molecule has 0 aliphatic rings. The van der Waals surface area contributed by atoms with Crippen molar-refractivity contribution < 1.29 is 9.84 Å². The van der Waals surface area contributed by atoms with Gasteiger partial charge in [-0.15, -0.1) is 0 Å². The van der Waals surface area contributed by atoms with E-state index >= 15 is 0 Å². The van der Waals surface area contributed by atoms with E-state index in [-0.39, 0.29) is 11.4 Å². The molecular formula is C6H8N2O2. The van der Waals surface area contributed by atoms with E-state index in [1.54, 1.807) is 6.92 Å². The summed E-state index contributed by atoms with van der Waals surface area (Å²) in [6.45, 7) is 3.18. The van der Waals surface area contributed by atoms with Crippen LogP contribution in [0.3, 0.4) is 0 Å². The third kappa shape index (κ3) is 0.877. The van der Waals surface area contributed by atoms with Crippen LogP contribution in [-0.2, 0) is 0 Å². The van der Waals surface area contributed by atoms with E-state index in [2.05, 4.69) is 4.98 Å². The molecule has 0 amide bonds. The van der Waals surface area contributed by atoms with Crippen molar-refractivity contribution in [2.24, 2.45) is 0 Å². The van der Waals surface area contributed by atoms with Crippen LogP contribution in [-0.4, -0.2) is 10.1 Å². The molecule has 0 spiro atoms. The van der Waals surface area contributed by atoms with Gasteiger partial charge in [-0.25, -0.2) is 4.73 Å². The Hall–Kier alpha value is -1.32. The van der Waals surface area contributed by atoms with Crippen LogP contribution < -0.4 is 4.73 Å². The number of aromatic nitrogens is 2. The number of aryl methyl sites for hydroxylation is 1. The number of aromatic hydroxyl groups is 1. The summed E-state index contributed by atoms with van der Waals surface area (Å²) in [5, 5.41) is 19.8. The average Bonchev–Trinajstić information content (AvgIpc) is 1.93. The maximum Gasteiger partial charge on any atom is 0.289 e. The van der Waals surface area contributed by atoms with Gasteiger partial charge in [-0.3, -0.25) is 0 Å². The lowest BCUT2D eigenvalue weighted by molar-refractivity contribution is -0.616. The molecule has 0 saturated heterocycles. The first-order chi connectivity index (χ1) is 4.63. The summed E-state index contributed by atoms with van der Waals surface area (Å²) in [6.07, 6.45) is 1.13. The number of hydrogen-bond donors (Lipinski definition) is 1. The van der Waals surface area contributed by atoms with Gasteiger partial charge in [-0.2, -0.15) is 0 Å². The second-order valence-corrected chi connectivity index (χ2v) is 2.09. The number of hydrogen-bond acceptors (Lipinski definition) is 3. The van der Waals surface area contributed by atoms with Crippen molar-refractivity contribution in [2.45, 2.75) is 13.8 Å². The number of rotatable bonds is 0. The van der Waals surface area contributed by atoms with E-state index in [1.807, 2.05) is 0 Å². The van der Waals surface area contributed by atoms with Gasteiger partial charge in [-0.1, -0.05) is 0 Å². The average molecular weight is 140 g/mol. The lowest BCUT2D eigenvalue weighted by Gasteiger charge is -2.04. The highest BCUT2D eigenvalue weighted by molar-refractivity contribution is 5.24. The maximum atomic E-state index is 10.7. The van der Waals surface area contributed by atoms with Crippen molar-refractivity contribution in [1.29, 1.82) is 0 Å². The Morgan fingerprint density at radius 3 is 2.70 bits per heavy atom. The summed E-state index contributed by atoms with van der Waals surface area (Å²) in [7, 11) is 0. The SMILES string of the molecule is Cc1nc[n+]([O-])c(C)c1O. The van der Waals surface area contributed by atoms with Gasteiger partial charge in [0.1, 0.15) is 5.69 Å². The molecule has 1 N–H and O–H groups in total. The van der Waals surface area contributed by atoms with Crippen LogP contribution in [0, 0.1) is 19.1 Å². The first-order valence-electron chi connectivity index (χ1n) is 2.87. The Bertz CT molecular complexity index is 233. The maximum absolute atomic E-state index is 10.7. The molecule has 0 radical (unpaired) electrons. The first kappa shape index (κ1) is 6.80. The van der Waals surface area contributed by atoms with E-state index in [9.17, 15) is 5.21 Å². The minimum absolute atomic E-state index is 0.0301. The molecule has 1 heterocycles. The van der Waals surface area contributed by atoms with Gasteiger partial charge < -0.3 is 10.3 Å². The van der Waals surface area contributed by atoms with Gasteiger partial charge in [0.05, 0.1) is 0 Å². The Morgan fingerprint density at radius 1 is 1.60 bits per heavy atom. The number of nitrogens with zero attached hydrogens (tertiary/aromatic N) is 2. The standard InChI is InChI=1S/C6H8N2O2/c1-4-6(9)5(2)8(10)3-7-4/h3,9H,1-2H3. The Kier molecular flexibility index (Phi) is 1.45. The summed E-state index contributed by atoms with van der Waals surface area (Å²) >= 11 is 0. The molecular weight excluding hydrogens is 132 g/mol. The summed E-state index contributed by atoms with van der Waals surface area (Å²) < 4.78 is 0.530. The minimum atomic E-state index is -0.0301. The Labute approximate surface area is 58.4 Å². The molecule has 1 aromatic rings. The fourth-order valence-electron chi connectivity index (χ4n) is 0.653. The lowest BCUT2D eigenvalue weighted by Crippen LogP contribution is -2.30. The Balaban J connectivity index is 3.34. The molecule has 0 fully saturated rings. The zero-order valence-electron chi connectivity index (χ0n) is 5.83. The molecule has 4 heteroatoms. The van der Waals surface area contributed by atoms with Crippen molar-refractivity contribution in [3.63, 3.8) is 0 Å². The van der Waals surface area contributed by atoms with E-state index in [0.717, 1.165) is 6.33 Å². The van der Waals surface area contributed by atoms with E-state index < -0.39 is 0 Å². The molecule has 0 saturated carbocycles. The van der Waals surface area contributed by atoms with Crippen molar-refractivity contribution in [3.8, 4) is 5.75 Å². The fourth-order valence-corrected chi connectivity index (χ4v) is 0.653. The molecule has 10 heavy (non-hydrogen) atoms. The van der Waals surface area contributed by atoms with Gasteiger partial charge in [0.25, 0.3) is 6.33 Å². The molecule has 0 aliphatic heterocycles. The summed E-state index contributed by atoms with van der Waals surface area (Å²) in [6, 6.07) is 0. The van der Waals surface area contributed by atoms with Gasteiger partial charge in [0.15, 0.2) is 5.69 Å². The van der Waals surface area contributed by atoms with E-state index in [1.165, 1.54) is 6.92 Å². The summed E-state index contributed by atoms with van der Waals surface area (Å²) in [5.41, 5.74) is 0.761. The highest BCUT2D eigenvalue weighted by Gasteiger charge is 2.08. The zero-order chi connectivity index (χ0) is 7.72. The molecule has 54 valence electrons. The van der Waals surface area contributed by atoms with E-state index in [4.69, 9.17) is 5.11 Å². The van der Waals surface area contributed by atoms with Crippen LogP contribution in [0.5, 0.6) is 5.75 Å². The third-order valence-electron chi connectivity index (χ3n) is 1.37. The Morgan fingerprint density at radius 2 is 2.20 bits per heavy atom. The van der Waals surface area contributed by atoms with Crippen molar-refractivity contribution in [1.82, 2.24) is 4.98 Å². The van der Waals surface area contributed by atoms with Gasteiger partial charge >= 0.3 is 0 Å². The van der Waals surface area contributed by atoms with Crippen LogP contribution in [0.25, 0.3) is 0 Å². The van der Waals surface area contributed by atoms with Crippen molar-refractivity contribution in [2.75, 3.05) is 0 Å². The molecule has 4 nitrogen and oxygen atoms in total. The van der Waals surface area contributed by atoms with E-state index in [0.29, 0.717) is 10.4 Å². The van der Waals surface area contributed by atoms with Crippen LogP contribution in [0.15, 0.2) is 6.33 Å². The van der Waals surface area contributed by atoms with Gasteiger partial charge in [-0.05, 0) is 4.98 Å². The topological polar surface area (TPSA) is 60.1 Å². The van der Waals surface area contributed by atoms with Gasteiger partial charge in [0, 0.05) is 13.8 Å². The second-order valence-electron chi connectivity index (χ2n) is 2.09. The van der Waals surface area contributed by atoms with Crippen LogP contribution >= 0.6 is 0 Å². The third-order valence-corrected chi connectivity index (χ3v) is 1.37. The van der Waals surface area contributed by atoms with Crippen LogP contribution in [0.4, 0.5) is 0 Å². The summed E-state index contributed by atoms with van der Waals surface area (Å²) in [4.78, 5) is 3.64. The van der Waals surface area contributed by atoms with Crippen molar-refractivity contribution >= 4 is 0 Å². The molecule has 0 unspecified atom stereocenters. The smallest absolute Gasteiger partial charge is 0.289 e. The second kappa shape index (κ2) is 2.13. The predicted molar refractivity (Wildman–Crippen MR) is 34.3 cm³/mol. The van der Waals surface area contributed by atoms with Crippen molar-refractivity contribution in [3.05, 3.63) is 22.9 Å². The minimum Gasteiger partial charge on any atom is -0.711 e. The fraction of sp³-hybridized carbons (Fsp3) is 0.333. The highest BCUT2D eigenvalue weighted by atomic mass is 16.5. The largest absolute Gasteiger partial charge is 0.711 e. The van der Waals surface area contributed by atoms with Crippen LogP contribution in [0.2, 0.25) is 0 Å². The monoisotopic (exact) mass is 140 g/mol. The first-order valence-corrected chi connectivity index (χ1v) is 2.87. The quantitative estimate of drug-likeness (QED) is 0.408. The molecule has 0 bridgehead atoms. The molecule has 0 atom stereocenters. The summed E-state index contributed by atoms with van der Waals surface area (Å²) in [5.74, 6) is -0.0301.